The van der Waals surface area contributed by atoms with E-state index >= 15 is 0 Å². The Morgan fingerprint density at radius 2 is 0.667 bits per heavy atom. The summed E-state index contributed by atoms with van der Waals surface area (Å²) in [4.78, 5) is 0. The predicted molar refractivity (Wildman–Crippen MR) is 236 cm³/mol. The lowest BCUT2D eigenvalue weighted by Gasteiger charge is -2.21. The number of benzene rings is 10. The van der Waals surface area contributed by atoms with E-state index in [1.165, 1.54) is 125 Å². The molecule has 0 saturated heterocycles. The zero-order chi connectivity index (χ0) is 35.9. The highest BCUT2D eigenvalue weighted by Crippen LogP contribution is 2.49. The number of fused-ring (bicyclic) bond motifs is 11. The van der Waals surface area contributed by atoms with Crippen LogP contribution in [-0.2, 0) is 5.41 Å². The van der Waals surface area contributed by atoms with Crippen LogP contribution in [0.2, 0.25) is 0 Å². The van der Waals surface area contributed by atoms with Gasteiger partial charge >= 0.3 is 0 Å². The second-order valence-electron chi connectivity index (χ2n) is 16.4. The molecule has 0 unspecified atom stereocenters. The molecule has 0 fully saturated rings. The van der Waals surface area contributed by atoms with Crippen LogP contribution in [0.5, 0.6) is 0 Å². The summed E-state index contributed by atoms with van der Waals surface area (Å²) in [6.45, 7) is 7.04. The molecule has 0 spiro atoms. The van der Waals surface area contributed by atoms with Gasteiger partial charge in [0.1, 0.15) is 0 Å². The fourth-order valence-electron chi connectivity index (χ4n) is 9.83. The molecule has 252 valence electrons. The molecule has 54 heavy (non-hydrogen) atoms. The second kappa shape index (κ2) is 10.6. The monoisotopic (exact) mass is 684 g/mol. The van der Waals surface area contributed by atoms with Crippen LogP contribution in [-0.4, -0.2) is 0 Å². The highest BCUT2D eigenvalue weighted by Gasteiger charge is 2.23. The molecule has 0 amide bonds. The fraction of sp³-hybridized carbons (Fsp3) is 0.0741. The Kier molecular flexibility index (Phi) is 5.87. The highest BCUT2D eigenvalue weighted by molar-refractivity contribution is 6.41. The standard InChI is InChI=1S/C54H36/c1-54(2,3)35-27-48-45-26-34(39-18-9-14-32-12-5-7-16-37(32)39)22-24-41(45)51-29-46-43-20-10-19-42-44-25-33(38-17-8-13-31-11-4-6-15-36(31)38)21-23-40(44)50(52(42)43)30-47(46)49(28-35)53(48)51/h4-30H,1-3H3. The highest BCUT2D eigenvalue weighted by atomic mass is 14.3. The van der Waals surface area contributed by atoms with Crippen molar-refractivity contribution in [3.63, 3.8) is 0 Å². The Labute approximate surface area is 313 Å². The summed E-state index contributed by atoms with van der Waals surface area (Å²) in [5.74, 6) is 0. The van der Waals surface area contributed by atoms with Gasteiger partial charge < -0.3 is 0 Å². The van der Waals surface area contributed by atoms with Crippen LogP contribution in [0, 0.1) is 0 Å². The third kappa shape index (κ3) is 4.03. The first-order chi connectivity index (χ1) is 26.4. The molecule has 0 saturated carbocycles. The maximum absolute atomic E-state index is 2.52. The Hall–Kier alpha value is -6.50. The number of hydrogen-bond donors (Lipinski definition) is 0. The lowest BCUT2D eigenvalue weighted by molar-refractivity contribution is 0.592. The molecule has 0 aliphatic heterocycles. The molecule has 0 radical (unpaired) electrons. The third-order valence-electron chi connectivity index (χ3n) is 12.5. The van der Waals surface area contributed by atoms with Gasteiger partial charge in [-0.15, -0.1) is 0 Å². The Balaban J connectivity index is 1.18. The van der Waals surface area contributed by atoms with Crippen molar-refractivity contribution in [3.8, 4) is 22.3 Å². The summed E-state index contributed by atoms with van der Waals surface area (Å²) >= 11 is 0. The first-order valence-electron chi connectivity index (χ1n) is 19.2. The molecule has 0 aromatic heterocycles. The third-order valence-corrected chi connectivity index (χ3v) is 12.5. The van der Waals surface area contributed by atoms with E-state index < -0.39 is 0 Å². The fourth-order valence-corrected chi connectivity index (χ4v) is 9.83. The Morgan fingerprint density at radius 1 is 0.278 bits per heavy atom. The van der Waals surface area contributed by atoms with Crippen molar-refractivity contribution in [2.24, 2.45) is 0 Å². The van der Waals surface area contributed by atoms with E-state index in [4.69, 9.17) is 0 Å². The van der Waals surface area contributed by atoms with Crippen molar-refractivity contribution in [2.45, 2.75) is 26.2 Å². The van der Waals surface area contributed by atoms with Crippen LogP contribution < -0.4 is 0 Å². The summed E-state index contributed by atoms with van der Waals surface area (Å²) in [5, 5.41) is 24.0. The van der Waals surface area contributed by atoms with Crippen LogP contribution in [0.1, 0.15) is 26.3 Å². The van der Waals surface area contributed by atoms with Gasteiger partial charge in [0, 0.05) is 0 Å². The SMILES string of the molecule is CC(C)(C)c1cc2c3cc(-c4cccc5ccccc45)ccc3c3cc4c(cc5c6ccc(-c7cccc8ccccc78)cc6c6cccc4c65)c(c1)c23. The maximum Gasteiger partial charge on any atom is -0.00197 e. The maximum atomic E-state index is 2.52. The van der Waals surface area contributed by atoms with Gasteiger partial charge in [-0.3, -0.25) is 0 Å². The minimum Gasteiger partial charge on any atom is -0.0616 e. The molecule has 0 heterocycles. The van der Waals surface area contributed by atoms with Gasteiger partial charge in [0.2, 0.25) is 0 Å². The van der Waals surface area contributed by atoms with E-state index in [1.54, 1.807) is 0 Å². The lowest BCUT2D eigenvalue weighted by atomic mass is 9.83. The van der Waals surface area contributed by atoms with E-state index in [-0.39, 0.29) is 5.41 Å². The molecule has 12 rings (SSSR count). The first kappa shape index (κ1) is 30.0. The number of rotatable bonds is 2. The van der Waals surface area contributed by atoms with Crippen LogP contribution >= 0.6 is 0 Å². The first-order valence-corrected chi connectivity index (χ1v) is 19.2. The van der Waals surface area contributed by atoms with Crippen molar-refractivity contribution < 1.29 is 0 Å². The van der Waals surface area contributed by atoms with E-state index in [0.717, 1.165) is 0 Å². The minimum absolute atomic E-state index is 0.00553. The van der Waals surface area contributed by atoms with Crippen molar-refractivity contribution in [3.05, 3.63) is 169 Å². The average molecular weight is 685 g/mol. The molecule has 0 N–H and O–H groups in total. The van der Waals surface area contributed by atoms with Gasteiger partial charge in [-0.05, 0) is 167 Å². The van der Waals surface area contributed by atoms with E-state index in [0.29, 0.717) is 0 Å². The summed E-state index contributed by atoms with van der Waals surface area (Å²) in [6.07, 6.45) is 0. The molecule has 0 nitrogen and oxygen atoms in total. The normalized spacial score (nSPS) is 12.7. The smallest absolute Gasteiger partial charge is 0.00197 e. The van der Waals surface area contributed by atoms with Crippen LogP contribution in [0.3, 0.4) is 0 Å². The van der Waals surface area contributed by atoms with Gasteiger partial charge in [-0.1, -0.05) is 148 Å². The lowest BCUT2D eigenvalue weighted by Crippen LogP contribution is -2.10. The van der Waals surface area contributed by atoms with E-state index in [2.05, 4.69) is 185 Å². The summed E-state index contributed by atoms with van der Waals surface area (Å²) in [6, 6.07) is 62.1. The Morgan fingerprint density at radius 3 is 1.20 bits per heavy atom. The molecule has 0 bridgehead atoms. The van der Waals surface area contributed by atoms with Crippen molar-refractivity contribution >= 4 is 97.0 Å². The van der Waals surface area contributed by atoms with Crippen molar-refractivity contribution in [2.75, 3.05) is 0 Å². The van der Waals surface area contributed by atoms with Crippen LogP contribution in [0.4, 0.5) is 0 Å². The van der Waals surface area contributed by atoms with Gasteiger partial charge in [0.15, 0.2) is 0 Å². The van der Waals surface area contributed by atoms with Crippen molar-refractivity contribution in [1.82, 2.24) is 0 Å². The predicted octanol–water partition coefficient (Wildman–Crippen LogP) is 15.6. The summed E-state index contributed by atoms with van der Waals surface area (Å²) in [5.41, 5.74) is 6.47. The average Bonchev–Trinajstić information content (AvgIpc) is 3.70. The van der Waals surface area contributed by atoms with E-state index in [9.17, 15) is 0 Å². The number of hydrogen-bond acceptors (Lipinski definition) is 0. The molecule has 0 heteroatoms. The minimum atomic E-state index is -0.00553. The molecular formula is C54H36. The molecule has 12 aromatic rings. The summed E-state index contributed by atoms with van der Waals surface area (Å²) < 4.78 is 0. The molecule has 0 atom stereocenters. The van der Waals surface area contributed by atoms with Gasteiger partial charge in [-0.2, -0.15) is 0 Å². The molecular weight excluding hydrogens is 649 g/mol. The van der Waals surface area contributed by atoms with Crippen LogP contribution in [0.25, 0.3) is 119 Å². The zero-order valence-corrected chi connectivity index (χ0v) is 30.6. The molecule has 0 aliphatic carbocycles. The van der Waals surface area contributed by atoms with Gasteiger partial charge in [0.05, 0.1) is 0 Å². The molecule has 12 aromatic carbocycles. The van der Waals surface area contributed by atoms with E-state index in [1.807, 2.05) is 0 Å². The Bertz CT molecular complexity index is 3510. The topological polar surface area (TPSA) is 0 Å². The second-order valence-corrected chi connectivity index (χ2v) is 16.4. The quantitative estimate of drug-likeness (QED) is 0.159. The van der Waals surface area contributed by atoms with Gasteiger partial charge in [-0.25, -0.2) is 0 Å². The zero-order valence-electron chi connectivity index (χ0n) is 30.6. The summed E-state index contributed by atoms with van der Waals surface area (Å²) in [7, 11) is 0. The van der Waals surface area contributed by atoms with Crippen molar-refractivity contribution in [1.29, 1.82) is 0 Å². The van der Waals surface area contributed by atoms with Gasteiger partial charge in [0.25, 0.3) is 0 Å². The van der Waals surface area contributed by atoms with Crippen LogP contribution in [0.15, 0.2) is 164 Å². The molecule has 0 aliphatic rings. The largest absolute Gasteiger partial charge is 0.0616 e.